The normalized spacial score (nSPS) is 16.7. The Labute approximate surface area is 188 Å². The van der Waals surface area contributed by atoms with Crippen LogP contribution in [0.2, 0.25) is 0 Å². The Morgan fingerprint density at radius 3 is 2.69 bits per heavy atom. The van der Waals surface area contributed by atoms with Crippen LogP contribution in [0.5, 0.6) is 0 Å². The molecule has 4 rings (SSSR count). The lowest BCUT2D eigenvalue weighted by Crippen LogP contribution is -2.39. The minimum atomic E-state index is 0. The Morgan fingerprint density at radius 1 is 1.14 bits per heavy atom. The van der Waals surface area contributed by atoms with E-state index in [0.29, 0.717) is 5.92 Å². The molecule has 0 saturated carbocycles. The van der Waals surface area contributed by atoms with E-state index in [2.05, 4.69) is 62.1 Å². The second-order valence-electron chi connectivity index (χ2n) is 7.31. The van der Waals surface area contributed by atoms with E-state index in [1.807, 2.05) is 41.9 Å². The molecule has 0 bridgehead atoms. The maximum atomic E-state index is 4.48. The van der Waals surface area contributed by atoms with Gasteiger partial charge in [-0.2, -0.15) is 10.2 Å². The number of nitrogens with one attached hydrogen (secondary N) is 1. The summed E-state index contributed by atoms with van der Waals surface area (Å²) in [5, 5.41) is 12.3. The van der Waals surface area contributed by atoms with Crippen molar-refractivity contribution in [3.8, 4) is 0 Å². The van der Waals surface area contributed by atoms with Crippen LogP contribution < -0.4 is 5.32 Å². The number of rotatable bonds is 5. The number of guanidine groups is 1. The third-order valence-electron chi connectivity index (χ3n) is 5.22. The smallest absolute Gasteiger partial charge is 0.193 e. The van der Waals surface area contributed by atoms with Gasteiger partial charge in [0.25, 0.3) is 0 Å². The molecule has 1 unspecified atom stereocenters. The van der Waals surface area contributed by atoms with E-state index < -0.39 is 0 Å². The predicted molar refractivity (Wildman–Crippen MR) is 126 cm³/mol. The molecule has 154 valence electrons. The molecule has 1 atom stereocenters. The first-order valence-corrected chi connectivity index (χ1v) is 9.70. The fourth-order valence-corrected chi connectivity index (χ4v) is 3.74. The molecule has 1 aliphatic heterocycles. The summed E-state index contributed by atoms with van der Waals surface area (Å²) in [5.74, 6) is 1.46. The Kier molecular flexibility index (Phi) is 7.29. The molecule has 1 saturated heterocycles. The average molecular weight is 505 g/mol. The molecule has 1 fully saturated rings. The first-order chi connectivity index (χ1) is 13.7. The Balaban J connectivity index is 0.00000240. The van der Waals surface area contributed by atoms with E-state index in [-0.39, 0.29) is 24.0 Å². The van der Waals surface area contributed by atoms with Crippen LogP contribution in [0.4, 0.5) is 0 Å². The lowest BCUT2D eigenvalue weighted by molar-refractivity contribution is 0.486. The summed E-state index contributed by atoms with van der Waals surface area (Å²) in [4.78, 5) is 6.80. The lowest BCUT2D eigenvalue weighted by Gasteiger charge is -2.21. The van der Waals surface area contributed by atoms with Crippen molar-refractivity contribution in [2.75, 3.05) is 20.1 Å². The molecule has 1 aliphatic rings. The molecule has 0 radical (unpaired) electrons. The van der Waals surface area contributed by atoms with E-state index in [1.165, 1.54) is 11.1 Å². The maximum absolute atomic E-state index is 4.48. The summed E-state index contributed by atoms with van der Waals surface area (Å²) in [7, 11) is 3.81. The molecule has 1 aromatic carbocycles. The second-order valence-corrected chi connectivity index (χ2v) is 7.31. The number of hydrogen-bond donors (Lipinski definition) is 1. The summed E-state index contributed by atoms with van der Waals surface area (Å²) in [5.41, 5.74) is 3.71. The number of nitrogens with zero attached hydrogens (tertiary/aromatic N) is 6. The van der Waals surface area contributed by atoms with Gasteiger partial charge in [-0.1, -0.05) is 30.3 Å². The number of likely N-dealkylation sites (tertiary alicyclic amines) is 1. The predicted octanol–water partition coefficient (Wildman–Crippen LogP) is 2.85. The number of aliphatic imine (C=N–C) groups is 1. The van der Waals surface area contributed by atoms with Gasteiger partial charge in [-0.05, 0) is 17.5 Å². The monoisotopic (exact) mass is 505 g/mol. The van der Waals surface area contributed by atoms with Crippen LogP contribution in [0.15, 0.2) is 60.1 Å². The number of aromatic nitrogens is 4. The number of benzene rings is 1. The summed E-state index contributed by atoms with van der Waals surface area (Å²) < 4.78 is 3.85. The minimum absolute atomic E-state index is 0. The fraction of sp³-hybridized carbons (Fsp3) is 0.381. The standard InChI is InChI=1S/C21H27N7.HI/c1-22-21(27-9-8-19(16-27)20-12-24-26(2)15-20)23-10-18-11-25-28(14-18)13-17-6-4-3-5-7-17;/h3-7,11-12,14-15,19H,8-10,13,16H2,1-2H3,(H,22,23);1H. The van der Waals surface area contributed by atoms with Crippen molar-refractivity contribution in [2.45, 2.75) is 25.4 Å². The van der Waals surface area contributed by atoms with Crippen molar-refractivity contribution in [3.05, 3.63) is 71.8 Å². The first-order valence-electron chi connectivity index (χ1n) is 9.70. The molecule has 3 heterocycles. The molecule has 3 aromatic rings. The third kappa shape index (κ3) is 5.37. The van der Waals surface area contributed by atoms with Gasteiger partial charge in [0.15, 0.2) is 5.96 Å². The summed E-state index contributed by atoms with van der Waals surface area (Å²) >= 11 is 0. The van der Waals surface area contributed by atoms with Crippen LogP contribution in [-0.2, 0) is 20.1 Å². The molecule has 0 spiro atoms. The van der Waals surface area contributed by atoms with Crippen LogP contribution in [0.25, 0.3) is 0 Å². The van der Waals surface area contributed by atoms with Crippen molar-refractivity contribution < 1.29 is 0 Å². The molecule has 8 heteroatoms. The van der Waals surface area contributed by atoms with Crippen LogP contribution >= 0.6 is 24.0 Å². The average Bonchev–Trinajstić information content (AvgIpc) is 3.45. The molecule has 2 aromatic heterocycles. The van der Waals surface area contributed by atoms with Crippen molar-refractivity contribution in [3.63, 3.8) is 0 Å². The van der Waals surface area contributed by atoms with Crippen LogP contribution in [0, 0.1) is 0 Å². The van der Waals surface area contributed by atoms with Gasteiger partial charge in [-0.15, -0.1) is 24.0 Å². The Hall–Kier alpha value is -2.36. The quantitative estimate of drug-likeness (QED) is 0.329. The second kappa shape index (κ2) is 9.91. The highest BCUT2D eigenvalue weighted by atomic mass is 127. The van der Waals surface area contributed by atoms with Crippen molar-refractivity contribution in [1.82, 2.24) is 29.8 Å². The topological polar surface area (TPSA) is 63.3 Å². The lowest BCUT2D eigenvalue weighted by atomic mass is 10.0. The van der Waals surface area contributed by atoms with E-state index in [9.17, 15) is 0 Å². The first kappa shape index (κ1) is 21.4. The number of hydrogen-bond acceptors (Lipinski definition) is 3. The summed E-state index contributed by atoms with van der Waals surface area (Å²) in [6.45, 7) is 3.48. The molecule has 0 amide bonds. The minimum Gasteiger partial charge on any atom is -0.352 e. The largest absolute Gasteiger partial charge is 0.352 e. The molecule has 7 nitrogen and oxygen atoms in total. The van der Waals surface area contributed by atoms with Crippen LogP contribution in [0.3, 0.4) is 0 Å². The summed E-state index contributed by atoms with van der Waals surface area (Å²) in [6, 6.07) is 10.4. The third-order valence-corrected chi connectivity index (χ3v) is 5.22. The van der Waals surface area contributed by atoms with Crippen LogP contribution in [0.1, 0.15) is 29.0 Å². The molecule has 29 heavy (non-hydrogen) atoms. The summed E-state index contributed by atoms with van der Waals surface area (Å²) in [6.07, 6.45) is 9.24. The van der Waals surface area contributed by atoms with Crippen LogP contribution in [-0.4, -0.2) is 50.6 Å². The van der Waals surface area contributed by atoms with Gasteiger partial charge in [-0.25, -0.2) is 0 Å². The molecule has 0 aliphatic carbocycles. The Bertz CT molecular complexity index is 931. The van der Waals surface area contributed by atoms with Gasteiger partial charge in [0.05, 0.1) is 18.9 Å². The highest BCUT2D eigenvalue weighted by molar-refractivity contribution is 14.0. The van der Waals surface area contributed by atoms with Gasteiger partial charge >= 0.3 is 0 Å². The van der Waals surface area contributed by atoms with Gasteiger partial charge in [-0.3, -0.25) is 14.4 Å². The van der Waals surface area contributed by atoms with Gasteiger partial charge in [0, 0.05) is 57.6 Å². The zero-order chi connectivity index (χ0) is 19.3. The molecular formula is C21H28IN7. The highest BCUT2D eigenvalue weighted by Crippen LogP contribution is 2.26. The van der Waals surface area contributed by atoms with Crippen molar-refractivity contribution in [2.24, 2.45) is 12.0 Å². The van der Waals surface area contributed by atoms with Gasteiger partial charge in [0.2, 0.25) is 0 Å². The Morgan fingerprint density at radius 2 is 1.97 bits per heavy atom. The number of halogens is 1. The van der Waals surface area contributed by atoms with E-state index in [0.717, 1.165) is 44.1 Å². The maximum Gasteiger partial charge on any atom is 0.193 e. The zero-order valence-corrected chi connectivity index (χ0v) is 19.2. The zero-order valence-electron chi connectivity index (χ0n) is 16.9. The molecular weight excluding hydrogens is 477 g/mol. The SMILES string of the molecule is CN=C(NCc1cnn(Cc2ccccc2)c1)N1CCC(c2cnn(C)c2)C1.I. The van der Waals surface area contributed by atoms with E-state index in [1.54, 1.807) is 0 Å². The van der Waals surface area contributed by atoms with Gasteiger partial charge in [0.1, 0.15) is 0 Å². The molecule has 1 N–H and O–H groups in total. The van der Waals surface area contributed by atoms with Gasteiger partial charge < -0.3 is 10.2 Å². The van der Waals surface area contributed by atoms with Crippen molar-refractivity contribution >= 4 is 29.9 Å². The highest BCUT2D eigenvalue weighted by Gasteiger charge is 2.26. The van der Waals surface area contributed by atoms with Crippen molar-refractivity contribution in [1.29, 1.82) is 0 Å². The fourth-order valence-electron chi connectivity index (χ4n) is 3.74. The van der Waals surface area contributed by atoms with E-state index >= 15 is 0 Å². The van der Waals surface area contributed by atoms with E-state index in [4.69, 9.17) is 0 Å². The number of aryl methyl sites for hydroxylation is 1.